The molecule has 0 aromatic heterocycles. The summed E-state index contributed by atoms with van der Waals surface area (Å²) in [5, 5.41) is 3.05. The molecule has 0 radical (unpaired) electrons. The number of amides is 2. The highest BCUT2D eigenvalue weighted by atomic mass is 16.5. The maximum atomic E-state index is 12.0. The number of anilines is 1. The molecule has 3 rings (SSSR count). The van der Waals surface area contributed by atoms with Crippen molar-refractivity contribution in [3.05, 3.63) is 24.3 Å². The predicted molar refractivity (Wildman–Crippen MR) is 93.1 cm³/mol. The SMILES string of the molecule is CC1CCC(NC(=O)COc2ccc(N3CCCC3=O)cc2)CC1. The number of carbonyl (C=O) groups excluding carboxylic acids is 2. The first-order valence-electron chi connectivity index (χ1n) is 8.94. The Bertz CT molecular complexity index is 577. The second-order valence-electron chi connectivity index (χ2n) is 6.96. The van der Waals surface area contributed by atoms with Crippen LogP contribution >= 0.6 is 0 Å². The van der Waals surface area contributed by atoms with Crippen molar-refractivity contribution in [3.8, 4) is 5.75 Å². The van der Waals surface area contributed by atoms with Crippen molar-refractivity contribution in [1.29, 1.82) is 0 Å². The summed E-state index contributed by atoms with van der Waals surface area (Å²) in [6, 6.07) is 7.67. The Hall–Kier alpha value is -2.04. The first-order valence-corrected chi connectivity index (χ1v) is 8.94. The van der Waals surface area contributed by atoms with Gasteiger partial charge in [-0.25, -0.2) is 0 Å². The standard InChI is InChI=1S/C19H26N2O3/c1-14-4-6-15(7-5-14)20-18(22)13-24-17-10-8-16(9-11-17)21-12-2-3-19(21)23/h8-11,14-15H,2-7,12-13H2,1H3,(H,20,22). The quantitative estimate of drug-likeness (QED) is 0.903. The number of ether oxygens (including phenoxy) is 1. The van der Waals surface area contributed by atoms with E-state index in [0.717, 1.165) is 37.4 Å². The molecule has 24 heavy (non-hydrogen) atoms. The summed E-state index contributed by atoms with van der Waals surface area (Å²) in [6.45, 7) is 3.08. The van der Waals surface area contributed by atoms with Crippen molar-refractivity contribution in [1.82, 2.24) is 5.32 Å². The predicted octanol–water partition coefficient (Wildman–Crippen LogP) is 2.89. The molecule has 1 aliphatic heterocycles. The molecular formula is C19H26N2O3. The van der Waals surface area contributed by atoms with Gasteiger partial charge in [0.1, 0.15) is 5.75 Å². The van der Waals surface area contributed by atoms with Gasteiger partial charge in [-0.2, -0.15) is 0 Å². The maximum absolute atomic E-state index is 12.0. The first-order chi connectivity index (χ1) is 11.6. The van der Waals surface area contributed by atoms with Crippen LogP contribution < -0.4 is 15.0 Å². The number of hydrogen-bond acceptors (Lipinski definition) is 3. The van der Waals surface area contributed by atoms with E-state index in [-0.39, 0.29) is 18.4 Å². The van der Waals surface area contributed by atoms with E-state index < -0.39 is 0 Å². The van der Waals surface area contributed by atoms with Crippen LogP contribution in [0.2, 0.25) is 0 Å². The monoisotopic (exact) mass is 330 g/mol. The van der Waals surface area contributed by atoms with Crippen LogP contribution in [0, 0.1) is 5.92 Å². The molecule has 5 nitrogen and oxygen atoms in total. The van der Waals surface area contributed by atoms with Gasteiger partial charge in [-0.05, 0) is 62.3 Å². The van der Waals surface area contributed by atoms with Crippen molar-refractivity contribution in [2.75, 3.05) is 18.1 Å². The van der Waals surface area contributed by atoms with Gasteiger partial charge in [0.25, 0.3) is 5.91 Å². The summed E-state index contributed by atoms with van der Waals surface area (Å²) < 4.78 is 5.56. The molecule has 1 saturated heterocycles. The van der Waals surface area contributed by atoms with Crippen LogP contribution in [-0.2, 0) is 9.59 Å². The highest BCUT2D eigenvalue weighted by Crippen LogP contribution is 2.24. The second kappa shape index (κ2) is 7.69. The van der Waals surface area contributed by atoms with Gasteiger partial charge in [0, 0.05) is 24.7 Å². The second-order valence-corrected chi connectivity index (χ2v) is 6.96. The van der Waals surface area contributed by atoms with E-state index in [9.17, 15) is 9.59 Å². The van der Waals surface area contributed by atoms with Crippen molar-refractivity contribution in [2.45, 2.75) is 51.5 Å². The fourth-order valence-corrected chi connectivity index (χ4v) is 3.47. The third-order valence-corrected chi connectivity index (χ3v) is 4.97. The number of benzene rings is 1. The summed E-state index contributed by atoms with van der Waals surface area (Å²) in [4.78, 5) is 25.5. The molecule has 0 atom stereocenters. The van der Waals surface area contributed by atoms with Crippen LogP contribution in [0.3, 0.4) is 0 Å². The zero-order valence-corrected chi connectivity index (χ0v) is 14.3. The van der Waals surface area contributed by atoms with Gasteiger partial charge < -0.3 is 15.0 Å². The minimum absolute atomic E-state index is 0.0358. The third kappa shape index (κ3) is 4.28. The zero-order chi connectivity index (χ0) is 16.9. The van der Waals surface area contributed by atoms with E-state index in [1.165, 1.54) is 12.8 Å². The van der Waals surface area contributed by atoms with Crippen LogP contribution in [0.25, 0.3) is 0 Å². The van der Waals surface area contributed by atoms with Gasteiger partial charge >= 0.3 is 0 Å². The van der Waals surface area contributed by atoms with E-state index in [1.54, 1.807) is 4.90 Å². The topological polar surface area (TPSA) is 58.6 Å². The largest absolute Gasteiger partial charge is 0.484 e. The Kier molecular flexibility index (Phi) is 5.38. The molecule has 2 aliphatic rings. The van der Waals surface area contributed by atoms with E-state index in [0.29, 0.717) is 18.2 Å². The van der Waals surface area contributed by atoms with E-state index in [2.05, 4.69) is 12.2 Å². The van der Waals surface area contributed by atoms with Crippen molar-refractivity contribution in [3.63, 3.8) is 0 Å². The summed E-state index contributed by atoms with van der Waals surface area (Å²) >= 11 is 0. The molecule has 0 bridgehead atoms. The summed E-state index contributed by atoms with van der Waals surface area (Å²) in [6.07, 6.45) is 6.03. The minimum Gasteiger partial charge on any atom is -0.484 e. The Morgan fingerprint density at radius 1 is 1.21 bits per heavy atom. The summed E-state index contributed by atoms with van der Waals surface area (Å²) in [5.41, 5.74) is 0.894. The molecule has 1 N–H and O–H groups in total. The zero-order valence-electron chi connectivity index (χ0n) is 14.3. The minimum atomic E-state index is -0.0617. The number of carbonyl (C=O) groups is 2. The highest BCUT2D eigenvalue weighted by molar-refractivity contribution is 5.95. The number of nitrogens with one attached hydrogen (secondary N) is 1. The molecule has 1 heterocycles. The lowest BCUT2D eigenvalue weighted by molar-refractivity contribution is -0.124. The molecule has 130 valence electrons. The van der Waals surface area contributed by atoms with Crippen LogP contribution in [-0.4, -0.2) is 31.0 Å². The third-order valence-electron chi connectivity index (χ3n) is 4.97. The first kappa shape index (κ1) is 16.8. The van der Waals surface area contributed by atoms with Crippen LogP contribution in [0.5, 0.6) is 5.75 Å². The molecule has 2 fully saturated rings. The maximum Gasteiger partial charge on any atom is 0.258 e. The molecule has 1 saturated carbocycles. The Morgan fingerprint density at radius 2 is 1.92 bits per heavy atom. The van der Waals surface area contributed by atoms with Crippen LogP contribution in [0.15, 0.2) is 24.3 Å². The molecule has 2 amide bonds. The van der Waals surface area contributed by atoms with Gasteiger partial charge in [-0.3, -0.25) is 9.59 Å². The van der Waals surface area contributed by atoms with Crippen molar-refractivity contribution < 1.29 is 14.3 Å². The molecule has 1 aliphatic carbocycles. The van der Waals surface area contributed by atoms with E-state index in [4.69, 9.17) is 4.74 Å². The molecule has 1 aromatic rings. The van der Waals surface area contributed by atoms with Crippen LogP contribution in [0.4, 0.5) is 5.69 Å². The van der Waals surface area contributed by atoms with Gasteiger partial charge in [0.15, 0.2) is 6.61 Å². The fourth-order valence-electron chi connectivity index (χ4n) is 3.47. The Labute approximate surface area is 143 Å². The smallest absolute Gasteiger partial charge is 0.258 e. The summed E-state index contributed by atoms with van der Waals surface area (Å²) in [7, 11) is 0. The average Bonchev–Trinajstić information content (AvgIpc) is 3.02. The van der Waals surface area contributed by atoms with Gasteiger partial charge in [0.2, 0.25) is 5.91 Å². The number of rotatable bonds is 5. The van der Waals surface area contributed by atoms with E-state index in [1.807, 2.05) is 24.3 Å². The van der Waals surface area contributed by atoms with E-state index >= 15 is 0 Å². The fraction of sp³-hybridized carbons (Fsp3) is 0.579. The van der Waals surface area contributed by atoms with Crippen molar-refractivity contribution in [2.24, 2.45) is 5.92 Å². The number of nitrogens with zero attached hydrogens (tertiary/aromatic N) is 1. The van der Waals surface area contributed by atoms with Gasteiger partial charge in [0.05, 0.1) is 0 Å². The molecule has 1 aromatic carbocycles. The number of hydrogen-bond donors (Lipinski definition) is 1. The van der Waals surface area contributed by atoms with Crippen molar-refractivity contribution >= 4 is 17.5 Å². The lowest BCUT2D eigenvalue weighted by Crippen LogP contribution is -2.39. The lowest BCUT2D eigenvalue weighted by atomic mass is 9.87. The Balaban J connectivity index is 1.44. The molecule has 5 heteroatoms. The highest BCUT2D eigenvalue weighted by Gasteiger charge is 2.22. The average molecular weight is 330 g/mol. The molecular weight excluding hydrogens is 304 g/mol. The molecule has 0 spiro atoms. The van der Waals surface area contributed by atoms with Crippen LogP contribution in [0.1, 0.15) is 45.4 Å². The normalized spacial score (nSPS) is 24.0. The molecule has 0 unspecified atom stereocenters. The summed E-state index contributed by atoms with van der Waals surface area (Å²) in [5.74, 6) is 1.53. The Morgan fingerprint density at radius 3 is 2.54 bits per heavy atom. The van der Waals surface area contributed by atoms with Gasteiger partial charge in [-0.15, -0.1) is 0 Å². The lowest BCUT2D eigenvalue weighted by Gasteiger charge is -2.26. The van der Waals surface area contributed by atoms with Gasteiger partial charge in [-0.1, -0.05) is 6.92 Å².